The molecule has 1 rings (SSSR count). The lowest BCUT2D eigenvalue weighted by Gasteiger charge is -2.06. The molecule has 0 aliphatic heterocycles. The second-order valence-electron chi connectivity index (χ2n) is 2.01. The first-order valence-corrected chi connectivity index (χ1v) is 4.69. The maximum Gasteiger partial charge on any atom is 0.0635 e. The van der Waals surface area contributed by atoms with Crippen LogP contribution in [0.3, 0.4) is 0 Å². The van der Waals surface area contributed by atoms with E-state index in [0.29, 0.717) is 10.0 Å². The molecule has 0 spiro atoms. The molecular weight excluding hydrogens is 219 g/mol. The maximum atomic E-state index is 5.84. The number of hydrogen-bond acceptors (Lipinski definition) is 0. The topological polar surface area (TPSA) is 0 Å². The molecule has 0 bridgehead atoms. The molecule has 0 amide bonds. The number of rotatable bonds is 1. The minimum atomic E-state index is -0.291. The average Bonchev–Trinajstić information content (AvgIpc) is 1.94. The fourth-order valence-corrected chi connectivity index (χ4v) is 1.70. The Hall–Kier alpha value is 0.307. The molecule has 4 heteroatoms. The zero-order chi connectivity index (χ0) is 8.43. The van der Waals surface area contributed by atoms with Gasteiger partial charge in [-0.1, -0.05) is 35.3 Å². The lowest BCUT2D eigenvalue weighted by atomic mass is 10.2. The van der Waals surface area contributed by atoms with Crippen molar-refractivity contribution in [3.63, 3.8) is 0 Å². The Morgan fingerprint density at radius 2 is 1.91 bits per heavy atom. The van der Waals surface area contributed by atoms with Crippen molar-refractivity contribution in [1.82, 2.24) is 0 Å². The molecule has 0 N–H and O–H groups in total. The minimum Gasteiger partial charge on any atom is -0.122 e. The molecule has 0 nitrogen and oxygen atoms in total. The second-order valence-corrected chi connectivity index (χ2v) is 4.17. The highest BCUT2D eigenvalue weighted by atomic mass is 35.5. The maximum absolute atomic E-state index is 5.84. The summed E-state index contributed by atoms with van der Waals surface area (Å²) in [6, 6.07) is 5.34. The fourth-order valence-electron chi connectivity index (χ4n) is 0.716. The van der Waals surface area contributed by atoms with Gasteiger partial charge in [0, 0.05) is 5.00 Å². The molecule has 1 aromatic carbocycles. The smallest absolute Gasteiger partial charge is 0.0635 e. The van der Waals surface area contributed by atoms with E-state index in [1.807, 2.05) is 6.07 Å². The Labute approximate surface area is 83.9 Å². The molecule has 11 heavy (non-hydrogen) atoms. The molecule has 0 fully saturated rings. The van der Waals surface area contributed by atoms with Crippen LogP contribution in [0.15, 0.2) is 18.2 Å². The van der Waals surface area contributed by atoms with Crippen molar-refractivity contribution in [2.75, 3.05) is 0 Å². The number of hydrogen-bond donors (Lipinski definition) is 0. The van der Waals surface area contributed by atoms with E-state index in [2.05, 4.69) is 10.2 Å². The summed E-state index contributed by atoms with van der Waals surface area (Å²) in [4.78, 5) is 0. The van der Waals surface area contributed by atoms with Crippen molar-refractivity contribution in [2.24, 2.45) is 0 Å². The molecule has 0 aliphatic carbocycles. The van der Waals surface area contributed by atoms with Crippen LogP contribution in [-0.2, 0) is 0 Å². The van der Waals surface area contributed by atoms with Gasteiger partial charge in [0.05, 0.1) is 20.3 Å². The molecule has 0 saturated heterocycles. The summed E-state index contributed by atoms with van der Waals surface area (Å²) in [6.45, 7) is 0. The fraction of sp³-hybridized carbons (Fsp3) is 0.143. The summed E-state index contributed by atoms with van der Waals surface area (Å²) in [5, 5.41) is 0.735. The highest BCUT2D eigenvalue weighted by Crippen LogP contribution is 2.30. The van der Waals surface area contributed by atoms with Crippen LogP contribution in [0.25, 0.3) is 0 Å². The molecule has 0 aromatic heterocycles. The van der Waals surface area contributed by atoms with Crippen LogP contribution in [0.5, 0.6) is 0 Å². The second kappa shape index (κ2) is 3.81. The van der Waals surface area contributed by atoms with Crippen LogP contribution in [0.4, 0.5) is 0 Å². The third kappa shape index (κ3) is 2.12. The monoisotopic (exact) mass is 221 g/mol. The third-order valence-electron chi connectivity index (χ3n) is 1.25. The van der Waals surface area contributed by atoms with E-state index in [0.717, 1.165) is 5.56 Å². The Morgan fingerprint density at radius 1 is 1.27 bits per heavy atom. The van der Waals surface area contributed by atoms with Gasteiger partial charge in [-0.25, -0.2) is 0 Å². The number of alkyl halides is 1. The molecule has 1 aromatic rings. The summed E-state index contributed by atoms with van der Waals surface area (Å²) in [5.74, 6) is 0. The third-order valence-corrected chi connectivity index (χ3v) is 2.63. The van der Waals surface area contributed by atoms with E-state index < -0.39 is 0 Å². The largest absolute Gasteiger partial charge is 0.122 e. The van der Waals surface area contributed by atoms with Gasteiger partial charge in [0.25, 0.3) is 0 Å². The van der Waals surface area contributed by atoms with Crippen molar-refractivity contribution < 1.29 is 0 Å². The lowest BCUT2D eigenvalue weighted by Crippen LogP contribution is -1.89. The molecule has 1 atom stereocenters. The van der Waals surface area contributed by atoms with E-state index in [4.69, 9.17) is 34.8 Å². The first kappa shape index (κ1) is 9.40. The quantitative estimate of drug-likeness (QED) is 0.505. The van der Waals surface area contributed by atoms with E-state index in [1.165, 1.54) is 0 Å². The molecule has 0 saturated carbocycles. The zero-order valence-corrected chi connectivity index (χ0v) is 8.71. The SMILES string of the molecule is [Si]C(Cl)c1cccc(Cl)c1Cl. The van der Waals surface area contributed by atoms with Gasteiger partial charge in [-0.2, -0.15) is 0 Å². The molecule has 0 aliphatic rings. The van der Waals surface area contributed by atoms with Gasteiger partial charge in [0.2, 0.25) is 0 Å². The summed E-state index contributed by atoms with van der Waals surface area (Å²) >= 11 is 17.3. The van der Waals surface area contributed by atoms with Crippen LogP contribution >= 0.6 is 34.8 Å². The van der Waals surface area contributed by atoms with Gasteiger partial charge in [-0.05, 0) is 11.6 Å². The summed E-state index contributed by atoms with van der Waals surface area (Å²) in [6.07, 6.45) is 0. The van der Waals surface area contributed by atoms with Gasteiger partial charge in [0.1, 0.15) is 0 Å². The van der Waals surface area contributed by atoms with Crippen LogP contribution in [-0.4, -0.2) is 10.2 Å². The average molecular weight is 223 g/mol. The Kier molecular flexibility index (Phi) is 3.25. The van der Waals surface area contributed by atoms with Crippen LogP contribution in [0, 0.1) is 0 Å². The normalized spacial score (nSPS) is 13.1. The standard InChI is InChI=1S/C7H4Cl3Si/c8-5-3-1-2-4(6(5)9)7(10)11/h1-3,7H. The predicted octanol–water partition coefficient (Wildman–Crippen LogP) is 3.40. The highest BCUT2D eigenvalue weighted by Gasteiger charge is 2.08. The Balaban J connectivity index is 3.17. The van der Waals surface area contributed by atoms with Crippen LogP contribution in [0.1, 0.15) is 10.6 Å². The van der Waals surface area contributed by atoms with Crippen LogP contribution in [0.2, 0.25) is 10.0 Å². The highest BCUT2D eigenvalue weighted by molar-refractivity contribution is 6.45. The van der Waals surface area contributed by atoms with E-state index in [1.54, 1.807) is 12.1 Å². The summed E-state index contributed by atoms with van der Waals surface area (Å²) < 4.78 is 0. The summed E-state index contributed by atoms with van der Waals surface area (Å²) in [7, 11) is 3.24. The Bertz CT molecular complexity index is 260. The van der Waals surface area contributed by atoms with Crippen molar-refractivity contribution in [3.8, 4) is 0 Å². The molecule has 57 valence electrons. The van der Waals surface area contributed by atoms with Crippen LogP contribution < -0.4 is 0 Å². The van der Waals surface area contributed by atoms with E-state index in [-0.39, 0.29) is 5.00 Å². The molecule has 0 heterocycles. The van der Waals surface area contributed by atoms with Gasteiger partial charge >= 0.3 is 0 Å². The van der Waals surface area contributed by atoms with Gasteiger partial charge in [0.15, 0.2) is 0 Å². The summed E-state index contributed by atoms with van der Waals surface area (Å²) in [5.41, 5.74) is 0.789. The van der Waals surface area contributed by atoms with Crippen molar-refractivity contribution in [1.29, 1.82) is 0 Å². The lowest BCUT2D eigenvalue weighted by molar-refractivity contribution is 1.35. The van der Waals surface area contributed by atoms with Crippen molar-refractivity contribution in [3.05, 3.63) is 33.8 Å². The van der Waals surface area contributed by atoms with Gasteiger partial charge < -0.3 is 0 Å². The van der Waals surface area contributed by atoms with E-state index in [9.17, 15) is 0 Å². The van der Waals surface area contributed by atoms with Gasteiger partial charge in [-0.15, -0.1) is 11.6 Å². The van der Waals surface area contributed by atoms with Crippen molar-refractivity contribution >= 4 is 45.0 Å². The first-order valence-electron chi connectivity index (χ1n) is 2.92. The number of halogens is 3. The molecule has 3 radical (unpaired) electrons. The van der Waals surface area contributed by atoms with Crippen molar-refractivity contribution in [2.45, 2.75) is 5.00 Å². The molecular formula is C7H4Cl3Si. The first-order chi connectivity index (χ1) is 5.13. The zero-order valence-electron chi connectivity index (χ0n) is 5.44. The molecule has 1 unspecified atom stereocenters. The van der Waals surface area contributed by atoms with E-state index >= 15 is 0 Å². The number of benzene rings is 1. The minimum absolute atomic E-state index is 0.291. The van der Waals surface area contributed by atoms with Gasteiger partial charge in [-0.3, -0.25) is 0 Å². The predicted molar refractivity (Wildman–Crippen MR) is 50.8 cm³/mol. The Morgan fingerprint density at radius 3 is 2.36 bits per heavy atom.